The smallest absolute Gasteiger partial charge is 0.244 e. The molecule has 0 aliphatic heterocycles. The summed E-state index contributed by atoms with van der Waals surface area (Å²) in [6, 6.07) is 1.79. The Bertz CT molecular complexity index is 544. The van der Waals surface area contributed by atoms with Gasteiger partial charge in [-0.25, -0.2) is 8.42 Å². The molecule has 19 heavy (non-hydrogen) atoms. The van der Waals surface area contributed by atoms with Crippen LogP contribution in [0.4, 0.5) is 0 Å². The molecule has 1 fully saturated rings. The monoisotopic (exact) mass is 303 g/mol. The second-order valence-electron chi connectivity index (χ2n) is 5.49. The Labute approximate surface area is 119 Å². The van der Waals surface area contributed by atoms with E-state index in [1.807, 2.05) is 13.8 Å². The van der Waals surface area contributed by atoms with Crippen LogP contribution in [-0.2, 0) is 16.6 Å². The molecule has 1 heterocycles. The van der Waals surface area contributed by atoms with E-state index in [9.17, 15) is 8.42 Å². The van der Waals surface area contributed by atoms with Crippen LogP contribution in [0.5, 0.6) is 0 Å². The van der Waals surface area contributed by atoms with Crippen molar-refractivity contribution in [1.82, 2.24) is 4.31 Å². The Hall–Kier alpha value is -0.430. The van der Waals surface area contributed by atoms with Crippen molar-refractivity contribution in [3.05, 3.63) is 15.8 Å². The summed E-state index contributed by atoms with van der Waals surface area (Å²) >= 11 is 1.35. The first-order chi connectivity index (χ1) is 8.86. The van der Waals surface area contributed by atoms with Gasteiger partial charge in [-0.15, -0.1) is 11.3 Å². The number of aliphatic hydroxyl groups excluding tert-OH is 1. The second kappa shape index (κ2) is 5.52. The van der Waals surface area contributed by atoms with Crippen molar-refractivity contribution < 1.29 is 13.5 Å². The minimum absolute atomic E-state index is 0.103. The maximum absolute atomic E-state index is 12.8. The maximum atomic E-state index is 12.8. The van der Waals surface area contributed by atoms with Crippen LogP contribution in [0.25, 0.3) is 0 Å². The van der Waals surface area contributed by atoms with Crippen LogP contribution in [0.2, 0.25) is 0 Å². The standard InChI is InChI=1S/C13H21NO3S2/c1-9(2)7-14(11-4-5-11)19(16,17)13-6-12(8-15)18-10(13)3/h6,9,11,15H,4-5,7-8H2,1-3H3. The zero-order valence-corrected chi connectivity index (χ0v) is 13.2. The van der Waals surface area contributed by atoms with Crippen LogP contribution in [0.15, 0.2) is 11.0 Å². The molecule has 0 radical (unpaired) electrons. The van der Waals surface area contributed by atoms with E-state index in [0.29, 0.717) is 22.2 Å². The molecule has 1 aromatic rings. The fourth-order valence-electron chi connectivity index (χ4n) is 2.15. The zero-order chi connectivity index (χ0) is 14.2. The third kappa shape index (κ3) is 3.18. The molecule has 0 bridgehead atoms. The highest BCUT2D eigenvalue weighted by molar-refractivity contribution is 7.89. The van der Waals surface area contributed by atoms with Gasteiger partial charge in [0, 0.05) is 22.3 Å². The number of aryl methyl sites for hydroxylation is 1. The lowest BCUT2D eigenvalue weighted by atomic mass is 10.2. The number of hydrogen-bond donors (Lipinski definition) is 1. The SMILES string of the molecule is Cc1sc(CO)cc1S(=O)(=O)N(CC(C)C)C1CC1. The average Bonchev–Trinajstić information content (AvgIpc) is 3.08. The van der Waals surface area contributed by atoms with Gasteiger partial charge in [-0.2, -0.15) is 4.31 Å². The minimum Gasteiger partial charge on any atom is -0.391 e. The van der Waals surface area contributed by atoms with Crippen molar-refractivity contribution in [3.8, 4) is 0 Å². The topological polar surface area (TPSA) is 57.6 Å². The molecule has 1 saturated carbocycles. The molecule has 1 N–H and O–H groups in total. The lowest BCUT2D eigenvalue weighted by Crippen LogP contribution is -2.36. The number of sulfonamides is 1. The van der Waals surface area contributed by atoms with Crippen molar-refractivity contribution in [2.24, 2.45) is 5.92 Å². The first-order valence-corrected chi connectivity index (χ1v) is 8.84. The maximum Gasteiger partial charge on any atom is 0.244 e. The molecular weight excluding hydrogens is 282 g/mol. The Morgan fingerprint density at radius 1 is 1.47 bits per heavy atom. The molecule has 0 atom stereocenters. The summed E-state index contributed by atoms with van der Waals surface area (Å²) in [5.41, 5.74) is 0. The first kappa shape index (κ1) is 15.0. The van der Waals surface area contributed by atoms with Gasteiger partial charge in [-0.1, -0.05) is 13.8 Å². The van der Waals surface area contributed by atoms with E-state index in [0.717, 1.165) is 17.7 Å². The Kier molecular flexibility index (Phi) is 4.35. The number of thiophene rings is 1. The molecule has 6 heteroatoms. The van der Waals surface area contributed by atoms with Gasteiger partial charge in [0.2, 0.25) is 10.0 Å². The summed E-state index contributed by atoms with van der Waals surface area (Å²) in [4.78, 5) is 1.84. The number of nitrogens with zero attached hydrogens (tertiary/aromatic N) is 1. The van der Waals surface area contributed by atoms with Crippen molar-refractivity contribution in [2.45, 2.75) is 51.2 Å². The van der Waals surface area contributed by atoms with Gasteiger partial charge in [-0.3, -0.25) is 0 Å². The molecule has 2 rings (SSSR count). The van der Waals surface area contributed by atoms with E-state index in [1.54, 1.807) is 17.3 Å². The quantitative estimate of drug-likeness (QED) is 0.877. The zero-order valence-electron chi connectivity index (χ0n) is 11.6. The molecule has 1 aromatic heterocycles. The van der Waals surface area contributed by atoms with Crippen molar-refractivity contribution in [1.29, 1.82) is 0 Å². The molecule has 0 amide bonds. The van der Waals surface area contributed by atoms with Crippen LogP contribution in [0, 0.1) is 12.8 Å². The van der Waals surface area contributed by atoms with Gasteiger partial charge in [0.1, 0.15) is 0 Å². The van der Waals surface area contributed by atoms with Gasteiger partial charge in [0.15, 0.2) is 0 Å². The molecule has 0 spiro atoms. The average molecular weight is 303 g/mol. The number of aliphatic hydroxyl groups is 1. The molecular formula is C13H21NO3S2. The lowest BCUT2D eigenvalue weighted by molar-refractivity contribution is 0.285. The van der Waals surface area contributed by atoms with E-state index in [1.165, 1.54) is 11.3 Å². The molecule has 108 valence electrons. The van der Waals surface area contributed by atoms with Gasteiger partial charge in [-0.05, 0) is 31.7 Å². The summed E-state index contributed by atoms with van der Waals surface area (Å²) in [6.45, 7) is 6.33. The summed E-state index contributed by atoms with van der Waals surface area (Å²) in [5.74, 6) is 0.312. The molecule has 1 aliphatic rings. The summed E-state index contributed by atoms with van der Waals surface area (Å²) < 4.78 is 27.1. The molecule has 0 saturated heterocycles. The van der Waals surface area contributed by atoms with Crippen LogP contribution < -0.4 is 0 Å². The highest BCUT2D eigenvalue weighted by atomic mass is 32.2. The first-order valence-electron chi connectivity index (χ1n) is 6.58. The minimum atomic E-state index is -3.42. The van der Waals surface area contributed by atoms with E-state index in [4.69, 9.17) is 5.11 Å². The molecule has 0 aromatic carbocycles. The molecule has 0 unspecified atom stereocenters. The predicted molar refractivity (Wildman–Crippen MR) is 76.7 cm³/mol. The number of hydrogen-bond acceptors (Lipinski definition) is 4. The van der Waals surface area contributed by atoms with Crippen LogP contribution in [0.1, 0.15) is 36.4 Å². The van der Waals surface area contributed by atoms with Gasteiger partial charge >= 0.3 is 0 Å². The largest absolute Gasteiger partial charge is 0.391 e. The Morgan fingerprint density at radius 3 is 2.53 bits per heavy atom. The van der Waals surface area contributed by atoms with Gasteiger partial charge in [0.25, 0.3) is 0 Å². The number of rotatable bonds is 6. The van der Waals surface area contributed by atoms with Crippen LogP contribution in [0.3, 0.4) is 0 Å². The highest BCUT2D eigenvalue weighted by Gasteiger charge is 2.39. The van der Waals surface area contributed by atoms with Gasteiger partial charge < -0.3 is 5.11 Å². The van der Waals surface area contributed by atoms with Crippen molar-refractivity contribution in [3.63, 3.8) is 0 Å². The third-order valence-corrected chi connectivity index (χ3v) is 6.37. The van der Waals surface area contributed by atoms with Crippen molar-refractivity contribution >= 4 is 21.4 Å². The fourth-order valence-corrected chi connectivity index (χ4v) is 5.46. The van der Waals surface area contributed by atoms with E-state index < -0.39 is 10.0 Å². The van der Waals surface area contributed by atoms with E-state index in [-0.39, 0.29) is 12.6 Å². The normalized spacial score (nSPS) is 16.5. The van der Waals surface area contributed by atoms with Crippen LogP contribution in [-0.4, -0.2) is 30.4 Å². The third-order valence-electron chi connectivity index (χ3n) is 3.16. The Balaban J connectivity index is 2.35. The van der Waals surface area contributed by atoms with Crippen molar-refractivity contribution in [2.75, 3.05) is 6.54 Å². The van der Waals surface area contributed by atoms with Gasteiger partial charge in [0.05, 0.1) is 11.5 Å². The summed E-state index contributed by atoms with van der Waals surface area (Å²) in [6.07, 6.45) is 1.92. The van der Waals surface area contributed by atoms with Crippen LogP contribution >= 0.6 is 11.3 Å². The molecule has 1 aliphatic carbocycles. The summed E-state index contributed by atoms with van der Waals surface area (Å²) in [5, 5.41) is 9.15. The van der Waals surface area contributed by atoms with E-state index in [2.05, 4.69) is 0 Å². The Morgan fingerprint density at radius 2 is 2.11 bits per heavy atom. The summed E-state index contributed by atoms with van der Waals surface area (Å²) in [7, 11) is -3.42. The lowest BCUT2D eigenvalue weighted by Gasteiger charge is -2.23. The highest BCUT2D eigenvalue weighted by Crippen LogP contribution is 2.35. The van der Waals surface area contributed by atoms with E-state index >= 15 is 0 Å². The fraction of sp³-hybridized carbons (Fsp3) is 0.692. The second-order valence-corrected chi connectivity index (χ2v) is 8.69. The molecule has 4 nitrogen and oxygen atoms in total. The predicted octanol–water partition coefficient (Wildman–Crippen LogP) is 2.36.